The number of hydrogen-bond donors (Lipinski definition) is 4. The number of aromatic hydroxyl groups is 2. The number of carbonyl (C=O) groups is 1. The molecule has 2 aromatic rings. The average molecular weight is 261 g/mol. The molecule has 0 aliphatic carbocycles. The molecule has 19 heavy (non-hydrogen) atoms. The van der Waals surface area contributed by atoms with E-state index < -0.39 is 5.91 Å². The molecule has 6 heteroatoms. The van der Waals surface area contributed by atoms with Crippen molar-refractivity contribution in [2.45, 2.75) is 19.8 Å². The van der Waals surface area contributed by atoms with Gasteiger partial charge in [-0.3, -0.25) is 9.89 Å². The fourth-order valence-electron chi connectivity index (χ4n) is 1.76. The van der Waals surface area contributed by atoms with E-state index in [4.69, 9.17) is 0 Å². The third-order valence-electron chi connectivity index (χ3n) is 2.64. The highest BCUT2D eigenvalue weighted by Gasteiger charge is 2.17. The zero-order valence-electron chi connectivity index (χ0n) is 10.5. The van der Waals surface area contributed by atoms with E-state index >= 15 is 0 Å². The van der Waals surface area contributed by atoms with Crippen LogP contribution in [0.4, 0.5) is 5.82 Å². The zero-order chi connectivity index (χ0) is 13.8. The monoisotopic (exact) mass is 261 g/mol. The average Bonchev–Trinajstić information content (AvgIpc) is 2.77. The van der Waals surface area contributed by atoms with Crippen LogP contribution in [-0.2, 0) is 6.42 Å². The van der Waals surface area contributed by atoms with Gasteiger partial charge in [-0.15, -0.1) is 0 Å². The first kappa shape index (κ1) is 12.9. The summed E-state index contributed by atoms with van der Waals surface area (Å²) in [6.07, 6.45) is 1.81. The fourth-order valence-corrected chi connectivity index (χ4v) is 1.76. The maximum Gasteiger partial charge on any atom is 0.264 e. The van der Waals surface area contributed by atoms with Crippen molar-refractivity contribution in [1.82, 2.24) is 10.2 Å². The van der Waals surface area contributed by atoms with Crippen LogP contribution in [0.25, 0.3) is 0 Å². The van der Waals surface area contributed by atoms with Crippen LogP contribution in [0.3, 0.4) is 0 Å². The van der Waals surface area contributed by atoms with Crippen LogP contribution < -0.4 is 5.32 Å². The molecule has 0 aliphatic heterocycles. The number of nitrogens with one attached hydrogen (secondary N) is 2. The summed E-state index contributed by atoms with van der Waals surface area (Å²) in [5, 5.41) is 28.4. The van der Waals surface area contributed by atoms with Crippen LogP contribution in [0, 0.1) is 0 Å². The van der Waals surface area contributed by atoms with Gasteiger partial charge in [-0.25, -0.2) is 0 Å². The molecule has 0 fully saturated rings. The molecule has 0 atom stereocenters. The maximum absolute atomic E-state index is 11.9. The van der Waals surface area contributed by atoms with E-state index in [0.29, 0.717) is 5.82 Å². The molecule has 100 valence electrons. The lowest BCUT2D eigenvalue weighted by Gasteiger charge is -2.06. The Kier molecular flexibility index (Phi) is 3.70. The SMILES string of the molecule is CCCc1cc(NC(=O)c2c(O)cccc2O)n[nH]1. The van der Waals surface area contributed by atoms with Gasteiger partial charge in [0.2, 0.25) is 0 Å². The number of rotatable bonds is 4. The Hall–Kier alpha value is -2.50. The Morgan fingerprint density at radius 2 is 2.05 bits per heavy atom. The molecule has 1 aromatic heterocycles. The summed E-state index contributed by atoms with van der Waals surface area (Å²) in [5.74, 6) is -0.801. The number of nitrogens with zero attached hydrogens (tertiary/aromatic N) is 1. The Bertz CT molecular complexity index is 572. The number of anilines is 1. The molecule has 2 rings (SSSR count). The van der Waals surface area contributed by atoms with Crippen LogP contribution in [0.1, 0.15) is 29.4 Å². The van der Waals surface area contributed by atoms with Gasteiger partial charge in [-0.05, 0) is 18.6 Å². The van der Waals surface area contributed by atoms with Crippen molar-refractivity contribution < 1.29 is 15.0 Å². The first-order valence-corrected chi connectivity index (χ1v) is 5.98. The Balaban J connectivity index is 2.16. The summed E-state index contributed by atoms with van der Waals surface area (Å²) < 4.78 is 0. The lowest BCUT2D eigenvalue weighted by atomic mass is 10.1. The summed E-state index contributed by atoms with van der Waals surface area (Å²) in [4.78, 5) is 11.9. The quantitative estimate of drug-likeness (QED) is 0.676. The number of amides is 1. The number of hydrogen-bond acceptors (Lipinski definition) is 4. The highest BCUT2D eigenvalue weighted by atomic mass is 16.3. The molecule has 0 saturated heterocycles. The van der Waals surface area contributed by atoms with Gasteiger partial charge in [0.1, 0.15) is 17.1 Å². The van der Waals surface area contributed by atoms with Gasteiger partial charge in [0.15, 0.2) is 5.82 Å². The van der Waals surface area contributed by atoms with E-state index in [1.807, 2.05) is 6.92 Å². The number of aromatic nitrogens is 2. The molecule has 0 radical (unpaired) electrons. The molecule has 0 bridgehead atoms. The Labute approximate surface area is 110 Å². The molecule has 0 spiro atoms. The van der Waals surface area contributed by atoms with Crippen molar-refractivity contribution in [3.8, 4) is 11.5 Å². The summed E-state index contributed by atoms with van der Waals surface area (Å²) in [6, 6.07) is 5.84. The maximum atomic E-state index is 11.9. The molecule has 0 unspecified atom stereocenters. The largest absolute Gasteiger partial charge is 0.507 e. The molecule has 6 nitrogen and oxygen atoms in total. The second-order valence-corrected chi connectivity index (χ2v) is 4.15. The normalized spacial score (nSPS) is 10.4. The minimum absolute atomic E-state index is 0.164. The smallest absolute Gasteiger partial charge is 0.264 e. The van der Waals surface area contributed by atoms with Crippen molar-refractivity contribution in [1.29, 1.82) is 0 Å². The van der Waals surface area contributed by atoms with E-state index in [9.17, 15) is 15.0 Å². The van der Waals surface area contributed by atoms with Crippen LogP contribution in [0.2, 0.25) is 0 Å². The predicted molar refractivity (Wildman–Crippen MR) is 70.3 cm³/mol. The third-order valence-corrected chi connectivity index (χ3v) is 2.64. The summed E-state index contributed by atoms with van der Waals surface area (Å²) >= 11 is 0. The van der Waals surface area contributed by atoms with E-state index in [2.05, 4.69) is 15.5 Å². The number of phenolic OH excluding ortho intramolecular Hbond substituents is 2. The van der Waals surface area contributed by atoms with E-state index in [0.717, 1.165) is 18.5 Å². The van der Waals surface area contributed by atoms with Gasteiger partial charge in [0.05, 0.1) is 0 Å². The molecule has 0 aliphatic rings. The first-order valence-electron chi connectivity index (χ1n) is 5.98. The van der Waals surface area contributed by atoms with E-state index in [-0.39, 0.29) is 17.1 Å². The van der Waals surface area contributed by atoms with Gasteiger partial charge >= 0.3 is 0 Å². The van der Waals surface area contributed by atoms with Crippen LogP contribution in [0.15, 0.2) is 24.3 Å². The Morgan fingerprint density at radius 1 is 1.37 bits per heavy atom. The van der Waals surface area contributed by atoms with E-state index in [1.54, 1.807) is 6.07 Å². The summed E-state index contributed by atoms with van der Waals surface area (Å²) in [7, 11) is 0. The molecule has 1 aromatic carbocycles. The van der Waals surface area contributed by atoms with Crippen LogP contribution >= 0.6 is 0 Å². The summed E-state index contributed by atoms with van der Waals surface area (Å²) in [6.45, 7) is 2.04. The number of aromatic amines is 1. The number of phenols is 2. The number of aryl methyl sites for hydroxylation is 1. The standard InChI is InChI=1S/C13H15N3O3/c1-2-4-8-7-11(16-15-8)14-13(19)12-9(17)5-3-6-10(12)18/h3,5-7,17-18H,2,4H2,1H3,(H2,14,15,16,19). The lowest BCUT2D eigenvalue weighted by molar-refractivity contribution is 0.102. The highest BCUT2D eigenvalue weighted by molar-refractivity contribution is 6.07. The van der Waals surface area contributed by atoms with Crippen molar-refractivity contribution in [2.24, 2.45) is 0 Å². The third kappa shape index (κ3) is 2.85. The minimum Gasteiger partial charge on any atom is -0.507 e. The van der Waals surface area contributed by atoms with Gasteiger partial charge < -0.3 is 15.5 Å². The van der Waals surface area contributed by atoms with Gasteiger partial charge in [0.25, 0.3) is 5.91 Å². The minimum atomic E-state index is -0.606. The van der Waals surface area contributed by atoms with E-state index in [1.165, 1.54) is 18.2 Å². The molecular weight excluding hydrogens is 246 g/mol. The number of benzene rings is 1. The fraction of sp³-hybridized carbons (Fsp3) is 0.231. The van der Waals surface area contributed by atoms with Gasteiger partial charge in [0, 0.05) is 11.8 Å². The predicted octanol–water partition coefficient (Wildman–Crippen LogP) is 2.03. The van der Waals surface area contributed by atoms with Gasteiger partial charge in [-0.1, -0.05) is 19.4 Å². The van der Waals surface area contributed by atoms with Crippen LogP contribution in [0.5, 0.6) is 11.5 Å². The van der Waals surface area contributed by atoms with Crippen molar-refractivity contribution in [3.63, 3.8) is 0 Å². The lowest BCUT2D eigenvalue weighted by Crippen LogP contribution is -2.12. The van der Waals surface area contributed by atoms with Crippen LogP contribution in [-0.4, -0.2) is 26.3 Å². The molecule has 1 heterocycles. The van der Waals surface area contributed by atoms with Crippen molar-refractivity contribution in [3.05, 3.63) is 35.5 Å². The molecule has 1 amide bonds. The highest BCUT2D eigenvalue weighted by Crippen LogP contribution is 2.26. The van der Waals surface area contributed by atoms with Crippen molar-refractivity contribution >= 4 is 11.7 Å². The molecule has 0 saturated carbocycles. The second kappa shape index (κ2) is 5.43. The first-order chi connectivity index (χ1) is 9.11. The van der Waals surface area contributed by atoms with Crippen molar-refractivity contribution in [2.75, 3.05) is 5.32 Å². The number of carbonyl (C=O) groups excluding carboxylic acids is 1. The number of H-pyrrole nitrogens is 1. The Morgan fingerprint density at radius 3 is 2.68 bits per heavy atom. The molecule has 4 N–H and O–H groups in total. The topological polar surface area (TPSA) is 98.2 Å². The molecular formula is C13H15N3O3. The summed E-state index contributed by atoms with van der Waals surface area (Å²) in [5.41, 5.74) is 0.752. The van der Waals surface area contributed by atoms with Gasteiger partial charge in [-0.2, -0.15) is 5.10 Å². The zero-order valence-corrected chi connectivity index (χ0v) is 10.5. The second-order valence-electron chi connectivity index (χ2n) is 4.15.